The zero-order valence-corrected chi connectivity index (χ0v) is 14.1. The van der Waals surface area contributed by atoms with Crippen LogP contribution in [0.3, 0.4) is 0 Å². The van der Waals surface area contributed by atoms with E-state index in [4.69, 9.17) is 9.47 Å². The van der Waals surface area contributed by atoms with Gasteiger partial charge in [-0.1, -0.05) is 18.2 Å². The number of benzene rings is 2. The number of amides is 2. The van der Waals surface area contributed by atoms with Gasteiger partial charge in [0.15, 0.2) is 11.5 Å². The Labute approximate surface area is 150 Å². The minimum absolute atomic E-state index is 0.198. The number of ether oxygens (including phenoxy) is 2. The zero-order chi connectivity index (χ0) is 18.4. The van der Waals surface area contributed by atoms with E-state index in [0.29, 0.717) is 31.0 Å². The molecule has 0 atom stereocenters. The van der Waals surface area contributed by atoms with E-state index in [9.17, 15) is 14.0 Å². The van der Waals surface area contributed by atoms with E-state index in [1.54, 1.807) is 24.3 Å². The fourth-order valence-corrected chi connectivity index (χ4v) is 2.52. The Balaban J connectivity index is 1.36. The summed E-state index contributed by atoms with van der Waals surface area (Å²) >= 11 is 0. The minimum atomic E-state index is -0.359. The monoisotopic (exact) mass is 358 g/mol. The summed E-state index contributed by atoms with van der Waals surface area (Å²) in [6, 6.07) is 11.5. The number of nitrogens with one attached hydrogen (secondary N) is 2. The van der Waals surface area contributed by atoms with Crippen LogP contribution in [0.15, 0.2) is 42.5 Å². The second-order valence-electron chi connectivity index (χ2n) is 5.87. The van der Waals surface area contributed by atoms with Crippen molar-refractivity contribution < 1.29 is 23.5 Å². The van der Waals surface area contributed by atoms with Crippen molar-refractivity contribution in [2.24, 2.45) is 0 Å². The van der Waals surface area contributed by atoms with Gasteiger partial charge in [-0.3, -0.25) is 9.59 Å². The summed E-state index contributed by atoms with van der Waals surface area (Å²) in [7, 11) is 0. The highest BCUT2D eigenvalue weighted by Gasteiger charge is 2.14. The number of fused-ring (bicyclic) bond motifs is 1. The molecule has 1 aliphatic heterocycles. The number of carbonyl (C=O) groups is 2. The molecule has 0 fully saturated rings. The van der Waals surface area contributed by atoms with Crippen molar-refractivity contribution in [3.05, 3.63) is 59.4 Å². The Morgan fingerprint density at radius 3 is 2.42 bits per heavy atom. The SMILES string of the molecule is O=C(CC(=O)NCc1ccc2c(c1)OCO2)NCCc1ccc(F)cc1. The van der Waals surface area contributed by atoms with Crippen LogP contribution in [0.25, 0.3) is 0 Å². The molecule has 26 heavy (non-hydrogen) atoms. The van der Waals surface area contributed by atoms with Crippen molar-refractivity contribution in [3.63, 3.8) is 0 Å². The van der Waals surface area contributed by atoms with Crippen LogP contribution in [0, 0.1) is 5.82 Å². The molecular formula is C19H19FN2O4. The summed E-state index contributed by atoms with van der Waals surface area (Å²) in [6.07, 6.45) is 0.332. The zero-order valence-electron chi connectivity index (χ0n) is 14.1. The maximum atomic E-state index is 12.8. The van der Waals surface area contributed by atoms with Crippen LogP contribution >= 0.6 is 0 Å². The number of rotatable bonds is 7. The normalized spacial score (nSPS) is 11.9. The molecule has 136 valence electrons. The maximum absolute atomic E-state index is 12.8. The van der Waals surface area contributed by atoms with Crippen LogP contribution in [0.1, 0.15) is 17.5 Å². The van der Waals surface area contributed by atoms with Gasteiger partial charge in [-0.05, 0) is 41.8 Å². The largest absolute Gasteiger partial charge is 0.454 e. The Bertz CT molecular complexity index is 793. The average Bonchev–Trinajstić information content (AvgIpc) is 3.09. The van der Waals surface area contributed by atoms with Crippen molar-refractivity contribution in [1.29, 1.82) is 0 Å². The van der Waals surface area contributed by atoms with E-state index in [0.717, 1.165) is 11.1 Å². The minimum Gasteiger partial charge on any atom is -0.454 e. The third kappa shape index (κ3) is 4.95. The predicted octanol–water partition coefficient (Wildman–Crippen LogP) is 1.92. The summed E-state index contributed by atoms with van der Waals surface area (Å²) in [5.41, 5.74) is 1.78. The van der Waals surface area contributed by atoms with Crippen molar-refractivity contribution >= 4 is 11.8 Å². The molecule has 0 saturated carbocycles. The fourth-order valence-electron chi connectivity index (χ4n) is 2.52. The van der Waals surface area contributed by atoms with E-state index < -0.39 is 0 Å². The predicted molar refractivity (Wildman–Crippen MR) is 92.1 cm³/mol. The first-order valence-electron chi connectivity index (χ1n) is 8.26. The van der Waals surface area contributed by atoms with Gasteiger partial charge in [0, 0.05) is 13.1 Å². The summed E-state index contributed by atoms with van der Waals surface area (Å²) in [5.74, 6) is 0.324. The number of carbonyl (C=O) groups excluding carboxylic acids is 2. The first-order chi connectivity index (χ1) is 12.6. The van der Waals surface area contributed by atoms with Gasteiger partial charge in [-0.2, -0.15) is 0 Å². The summed E-state index contributed by atoms with van der Waals surface area (Å²) in [6.45, 7) is 0.890. The van der Waals surface area contributed by atoms with Gasteiger partial charge in [-0.15, -0.1) is 0 Å². The molecule has 7 heteroatoms. The summed E-state index contributed by atoms with van der Waals surface area (Å²) in [5, 5.41) is 5.38. The Hall–Kier alpha value is -3.09. The third-order valence-electron chi connectivity index (χ3n) is 3.90. The van der Waals surface area contributed by atoms with Crippen molar-refractivity contribution in [1.82, 2.24) is 10.6 Å². The van der Waals surface area contributed by atoms with Crippen LogP contribution in [0.4, 0.5) is 4.39 Å². The van der Waals surface area contributed by atoms with Gasteiger partial charge < -0.3 is 20.1 Å². The van der Waals surface area contributed by atoms with E-state index in [-0.39, 0.29) is 30.8 Å². The molecule has 1 aliphatic rings. The van der Waals surface area contributed by atoms with Crippen LogP contribution in [0.5, 0.6) is 11.5 Å². The lowest BCUT2D eigenvalue weighted by Crippen LogP contribution is -2.32. The lowest BCUT2D eigenvalue weighted by Gasteiger charge is -2.07. The molecule has 0 bridgehead atoms. The molecule has 0 aliphatic carbocycles. The molecule has 1 heterocycles. The number of halogens is 1. The molecule has 2 aromatic carbocycles. The molecule has 6 nitrogen and oxygen atoms in total. The highest BCUT2D eigenvalue weighted by Crippen LogP contribution is 2.32. The smallest absolute Gasteiger partial charge is 0.231 e. The molecule has 3 rings (SSSR count). The van der Waals surface area contributed by atoms with Crippen LogP contribution in [-0.4, -0.2) is 25.2 Å². The van der Waals surface area contributed by atoms with Gasteiger partial charge >= 0.3 is 0 Å². The molecule has 0 unspecified atom stereocenters. The molecular weight excluding hydrogens is 339 g/mol. The first kappa shape index (κ1) is 17.7. The van der Waals surface area contributed by atoms with Gasteiger partial charge in [0.05, 0.1) is 0 Å². The standard InChI is InChI=1S/C19H19FN2O4/c20-15-4-1-13(2-5-15)7-8-21-18(23)10-19(24)22-11-14-3-6-16-17(9-14)26-12-25-16/h1-6,9H,7-8,10-12H2,(H,21,23)(H,22,24). The van der Waals surface area contributed by atoms with Gasteiger partial charge in [-0.25, -0.2) is 4.39 Å². The molecule has 0 aromatic heterocycles. The topological polar surface area (TPSA) is 76.7 Å². The maximum Gasteiger partial charge on any atom is 0.231 e. The second-order valence-corrected chi connectivity index (χ2v) is 5.87. The highest BCUT2D eigenvalue weighted by atomic mass is 19.1. The van der Waals surface area contributed by atoms with E-state index in [1.165, 1.54) is 12.1 Å². The second kappa shape index (κ2) is 8.33. The number of hydrogen-bond donors (Lipinski definition) is 2. The van der Waals surface area contributed by atoms with Crippen LogP contribution < -0.4 is 20.1 Å². The molecule has 0 saturated heterocycles. The molecule has 0 spiro atoms. The molecule has 2 amide bonds. The third-order valence-corrected chi connectivity index (χ3v) is 3.90. The lowest BCUT2D eigenvalue weighted by atomic mass is 10.1. The van der Waals surface area contributed by atoms with Crippen molar-refractivity contribution in [2.45, 2.75) is 19.4 Å². The quantitative estimate of drug-likeness (QED) is 0.742. The van der Waals surface area contributed by atoms with Crippen molar-refractivity contribution in [2.75, 3.05) is 13.3 Å². The average molecular weight is 358 g/mol. The van der Waals surface area contributed by atoms with Gasteiger partial charge in [0.1, 0.15) is 12.2 Å². The fraction of sp³-hybridized carbons (Fsp3) is 0.263. The molecule has 0 radical (unpaired) electrons. The summed E-state index contributed by atoms with van der Waals surface area (Å²) in [4.78, 5) is 23.7. The van der Waals surface area contributed by atoms with Crippen LogP contribution in [-0.2, 0) is 22.6 Å². The van der Waals surface area contributed by atoms with E-state index in [2.05, 4.69) is 10.6 Å². The lowest BCUT2D eigenvalue weighted by molar-refractivity contribution is -0.129. The van der Waals surface area contributed by atoms with Gasteiger partial charge in [0.25, 0.3) is 0 Å². The Morgan fingerprint density at radius 2 is 1.62 bits per heavy atom. The highest BCUT2D eigenvalue weighted by molar-refractivity contribution is 5.96. The molecule has 2 N–H and O–H groups in total. The molecule has 2 aromatic rings. The summed E-state index contributed by atoms with van der Waals surface area (Å²) < 4.78 is 23.3. The Morgan fingerprint density at radius 1 is 0.923 bits per heavy atom. The first-order valence-corrected chi connectivity index (χ1v) is 8.26. The van der Waals surface area contributed by atoms with Crippen molar-refractivity contribution in [3.8, 4) is 11.5 Å². The van der Waals surface area contributed by atoms with Gasteiger partial charge in [0.2, 0.25) is 18.6 Å². The van der Waals surface area contributed by atoms with Crippen LogP contribution in [0.2, 0.25) is 0 Å². The van der Waals surface area contributed by atoms with E-state index in [1.807, 2.05) is 6.07 Å². The Kier molecular flexibility index (Phi) is 5.68. The van der Waals surface area contributed by atoms with E-state index >= 15 is 0 Å². The number of hydrogen-bond acceptors (Lipinski definition) is 4.